The predicted octanol–water partition coefficient (Wildman–Crippen LogP) is 5.28. The molecule has 0 spiro atoms. The summed E-state index contributed by atoms with van der Waals surface area (Å²) in [6.45, 7) is 3.25. The number of urea groups is 1. The second-order valence-electron chi connectivity index (χ2n) is 4.79. The van der Waals surface area contributed by atoms with Gasteiger partial charge in [-0.1, -0.05) is 42.6 Å². The molecule has 0 aliphatic rings. The molecule has 1 heterocycles. The van der Waals surface area contributed by atoms with E-state index in [0.29, 0.717) is 28.3 Å². The molecule has 22 heavy (non-hydrogen) atoms. The fourth-order valence-electron chi connectivity index (χ4n) is 1.92. The van der Waals surface area contributed by atoms with E-state index in [-0.39, 0.29) is 6.03 Å². The number of aromatic nitrogens is 1. The first-order chi connectivity index (χ1) is 10.6. The Labute approximate surface area is 144 Å². The van der Waals surface area contributed by atoms with E-state index in [0.717, 1.165) is 18.4 Å². The summed E-state index contributed by atoms with van der Waals surface area (Å²) in [5.74, 6) is 0. The number of nitrogens with one attached hydrogen (secondary N) is 1. The third-order valence-electron chi connectivity index (χ3n) is 3.07. The Kier molecular flexibility index (Phi) is 6.49. The number of anilines is 1. The summed E-state index contributed by atoms with van der Waals surface area (Å²) in [6, 6.07) is 5.26. The van der Waals surface area contributed by atoms with Gasteiger partial charge in [0.1, 0.15) is 0 Å². The highest BCUT2D eigenvalue weighted by Gasteiger charge is 2.15. The molecule has 2 rings (SSSR count). The number of benzene rings is 1. The minimum atomic E-state index is -0.158. The van der Waals surface area contributed by atoms with Crippen molar-refractivity contribution < 1.29 is 4.79 Å². The molecule has 7 heteroatoms. The fraction of sp³-hybridized carbons (Fsp3) is 0.333. The normalized spacial score (nSPS) is 10.5. The van der Waals surface area contributed by atoms with Crippen LogP contribution < -0.4 is 5.32 Å². The molecule has 0 aliphatic heterocycles. The maximum absolute atomic E-state index is 12.4. The molecule has 4 nitrogen and oxygen atoms in total. The van der Waals surface area contributed by atoms with Gasteiger partial charge in [-0.15, -0.1) is 11.3 Å². The van der Waals surface area contributed by atoms with Gasteiger partial charge in [0.05, 0.1) is 10.0 Å². The van der Waals surface area contributed by atoms with E-state index in [1.807, 2.05) is 11.4 Å². The Morgan fingerprint density at radius 2 is 2.18 bits per heavy atom. The number of halogens is 2. The Morgan fingerprint density at radius 3 is 2.82 bits per heavy atom. The van der Waals surface area contributed by atoms with E-state index in [9.17, 15) is 4.79 Å². The van der Waals surface area contributed by atoms with Crippen molar-refractivity contribution in [2.45, 2.75) is 26.3 Å². The van der Waals surface area contributed by atoms with Crippen LogP contribution in [-0.2, 0) is 6.54 Å². The van der Waals surface area contributed by atoms with Gasteiger partial charge in [-0.2, -0.15) is 0 Å². The number of hydrogen-bond acceptors (Lipinski definition) is 3. The summed E-state index contributed by atoms with van der Waals surface area (Å²) >= 11 is 13.4. The highest BCUT2D eigenvalue weighted by molar-refractivity contribution is 7.13. The molecule has 0 unspecified atom stereocenters. The van der Waals surface area contributed by atoms with Crippen molar-refractivity contribution in [1.82, 2.24) is 9.88 Å². The van der Waals surface area contributed by atoms with Crippen molar-refractivity contribution in [1.29, 1.82) is 0 Å². The van der Waals surface area contributed by atoms with Gasteiger partial charge in [-0.25, -0.2) is 9.78 Å². The Bertz CT molecular complexity index is 619. The molecule has 1 N–H and O–H groups in total. The molecule has 0 aliphatic carbocycles. The van der Waals surface area contributed by atoms with Crippen LogP contribution in [0.3, 0.4) is 0 Å². The van der Waals surface area contributed by atoms with Crippen molar-refractivity contribution in [2.24, 2.45) is 0 Å². The van der Waals surface area contributed by atoms with Gasteiger partial charge in [-0.05, 0) is 24.1 Å². The van der Waals surface area contributed by atoms with E-state index in [4.69, 9.17) is 23.2 Å². The lowest BCUT2D eigenvalue weighted by Crippen LogP contribution is -2.35. The molecule has 0 saturated heterocycles. The van der Waals surface area contributed by atoms with Crippen molar-refractivity contribution in [2.75, 3.05) is 11.9 Å². The summed E-state index contributed by atoms with van der Waals surface area (Å²) in [5.41, 5.74) is 0.944. The summed E-state index contributed by atoms with van der Waals surface area (Å²) in [7, 11) is 0. The molecular formula is C15H17Cl2N3OS. The SMILES string of the molecule is CCCCN(Cc1ccc(Cl)c(Cl)c1)C(=O)Nc1nccs1. The average Bonchev–Trinajstić information content (AvgIpc) is 3.00. The highest BCUT2D eigenvalue weighted by atomic mass is 35.5. The molecule has 0 radical (unpaired) electrons. The van der Waals surface area contributed by atoms with E-state index in [1.165, 1.54) is 11.3 Å². The zero-order chi connectivity index (χ0) is 15.9. The van der Waals surface area contributed by atoms with Crippen LogP contribution in [0.25, 0.3) is 0 Å². The first kappa shape index (κ1) is 17.1. The first-order valence-corrected chi connectivity index (χ1v) is 8.63. The van der Waals surface area contributed by atoms with Crippen LogP contribution in [0.15, 0.2) is 29.8 Å². The van der Waals surface area contributed by atoms with E-state index in [1.54, 1.807) is 23.2 Å². The van der Waals surface area contributed by atoms with Crippen LogP contribution in [0.4, 0.5) is 9.93 Å². The van der Waals surface area contributed by atoms with E-state index >= 15 is 0 Å². The molecule has 0 atom stereocenters. The molecule has 2 amide bonds. The molecular weight excluding hydrogens is 341 g/mol. The number of amides is 2. The highest BCUT2D eigenvalue weighted by Crippen LogP contribution is 2.23. The maximum Gasteiger partial charge on any atom is 0.323 e. The van der Waals surface area contributed by atoms with Crippen LogP contribution in [0, 0.1) is 0 Å². The third-order valence-corrected chi connectivity index (χ3v) is 4.50. The number of hydrogen-bond donors (Lipinski definition) is 1. The number of rotatable bonds is 6. The fourth-order valence-corrected chi connectivity index (χ4v) is 2.75. The van der Waals surface area contributed by atoms with Crippen LogP contribution >= 0.6 is 34.5 Å². The van der Waals surface area contributed by atoms with Crippen molar-refractivity contribution in [3.8, 4) is 0 Å². The number of carbonyl (C=O) groups excluding carboxylic acids is 1. The molecule has 1 aromatic heterocycles. The minimum absolute atomic E-state index is 0.158. The average molecular weight is 358 g/mol. The van der Waals surface area contributed by atoms with Gasteiger partial charge in [0.15, 0.2) is 5.13 Å². The van der Waals surface area contributed by atoms with Gasteiger partial charge in [0.25, 0.3) is 0 Å². The molecule has 0 fully saturated rings. The number of thiazole rings is 1. The number of unbranched alkanes of at least 4 members (excludes halogenated alkanes) is 1. The van der Waals surface area contributed by atoms with Crippen LogP contribution in [0.1, 0.15) is 25.3 Å². The zero-order valence-corrected chi connectivity index (χ0v) is 14.5. The van der Waals surface area contributed by atoms with E-state index in [2.05, 4.69) is 17.2 Å². The van der Waals surface area contributed by atoms with Gasteiger partial charge in [-0.3, -0.25) is 5.32 Å². The summed E-state index contributed by atoms with van der Waals surface area (Å²) in [6.07, 6.45) is 3.62. The Hall–Kier alpha value is -1.30. The third kappa shape index (κ3) is 4.87. The van der Waals surface area contributed by atoms with Crippen molar-refractivity contribution in [3.05, 3.63) is 45.4 Å². The van der Waals surface area contributed by atoms with E-state index < -0.39 is 0 Å². The smallest absolute Gasteiger partial charge is 0.320 e. The Balaban J connectivity index is 2.07. The minimum Gasteiger partial charge on any atom is -0.320 e. The topological polar surface area (TPSA) is 45.2 Å². The molecule has 118 valence electrons. The second kappa shape index (κ2) is 8.36. The molecule has 2 aromatic rings. The van der Waals surface area contributed by atoms with Gasteiger partial charge < -0.3 is 4.90 Å². The summed E-state index contributed by atoms with van der Waals surface area (Å²) < 4.78 is 0. The lowest BCUT2D eigenvalue weighted by Gasteiger charge is -2.22. The van der Waals surface area contributed by atoms with Crippen LogP contribution in [-0.4, -0.2) is 22.5 Å². The largest absolute Gasteiger partial charge is 0.323 e. The zero-order valence-electron chi connectivity index (χ0n) is 12.2. The summed E-state index contributed by atoms with van der Waals surface area (Å²) in [5, 5.41) is 6.24. The standard InChI is InChI=1S/C15H17Cl2N3OS/c1-2-3-7-20(15(21)19-14-18-6-8-22-14)10-11-4-5-12(16)13(17)9-11/h4-6,8-9H,2-3,7,10H2,1H3,(H,18,19,21). The Morgan fingerprint density at radius 1 is 1.36 bits per heavy atom. The maximum atomic E-state index is 12.4. The van der Waals surface area contributed by atoms with Gasteiger partial charge in [0.2, 0.25) is 0 Å². The number of nitrogens with zero attached hydrogens (tertiary/aromatic N) is 2. The van der Waals surface area contributed by atoms with Crippen molar-refractivity contribution in [3.63, 3.8) is 0 Å². The lowest BCUT2D eigenvalue weighted by atomic mass is 10.2. The van der Waals surface area contributed by atoms with Crippen LogP contribution in [0.2, 0.25) is 10.0 Å². The van der Waals surface area contributed by atoms with Gasteiger partial charge >= 0.3 is 6.03 Å². The van der Waals surface area contributed by atoms with Gasteiger partial charge in [0, 0.05) is 24.7 Å². The molecule has 0 bridgehead atoms. The molecule has 0 saturated carbocycles. The van der Waals surface area contributed by atoms with Crippen molar-refractivity contribution >= 4 is 45.7 Å². The predicted molar refractivity (Wildman–Crippen MR) is 92.9 cm³/mol. The quantitative estimate of drug-likeness (QED) is 0.763. The molecule has 1 aromatic carbocycles. The monoisotopic (exact) mass is 357 g/mol. The lowest BCUT2D eigenvalue weighted by molar-refractivity contribution is 0.208. The van der Waals surface area contributed by atoms with Crippen LogP contribution in [0.5, 0.6) is 0 Å². The second-order valence-corrected chi connectivity index (χ2v) is 6.50. The summed E-state index contributed by atoms with van der Waals surface area (Å²) in [4.78, 5) is 18.2. The number of carbonyl (C=O) groups is 1. The first-order valence-electron chi connectivity index (χ1n) is 6.99.